The van der Waals surface area contributed by atoms with E-state index >= 15 is 0 Å². The molecule has 178 valence electrons. The maximum absolute atomic E-state index is 14.2. The van der Waals surface area contributed by atoms with Crippen molar-refractivity contribution in [3.63, 3.8) is 0 Å². The van der Waals surface area contributed by atoms with Gasteiger partial charge in [-0.25, -0.2) is 9.37 Å². The molecule has 0 spiro atoms. The van der Waals surface area contributed by atoms with E-state index < -0.39 is 0 Å². The van der Waals surface area contributed by atoms with E-state index in [4.69, 9.17) is 9.47 Å². The molecule has 0 radical (unpaired) electrons. The molecule has 0 aliphatic carbocycles. The zero-order valence-electron chi connectivity index (χ0n) is 19.7. The summed E-state index contributed by atoms with van der Waals surface area (Å²) in [5.74, 6) is 0.828. The highest BCUT2D eigenvalue weighted by molar-refractivity contribution is 6.01. The Kier molecular flexibility index (Phi) is 5.33. The van der Waals surface area contributed by atoms with Gasteiger partial charge < -0.3 is 14.5 Å². The van der Waals surface area contributed by atoms with E-state index in [1.807, 2.05) is 49.4 Å². The van der Waals surface area contributed by atoms with Crippen molar-refractivity contribution >= 4 is 21.9 Å². The molecule has 0 atom stereocenters. The Bertz CT molecular complexity index is 1720. The zero-order chi connectivity index (χ0) is 24.6. The number of rotatable bonds is 6. The van der Waals surface area contributed by atoms with Gasteiger partial charge in [-0.05, 0) is 54.4 Å². The van der Waals surface area contributed by atoms with Crippen LogP contribution >= 0.6 is 0 Å². The third kappa shape index (κ3) is 3.82. The topological polar surface area (TPSA) is 88.7 Å². The summed E-state index contributed by atoms with van der Waals surface area (Å²) >= 11 is 0. The Morgan fingerprint density at radius 2 is 1.75 bits per heavy atom. The molecule has 0 unspecified atom stereocenters. The summed E-state index contributed by atoms with van der Waals surface area (Å²) in [6, 6.07) is 16.6. The van der Waals surface area contributed by atoms with Crippen molar-refractivity contribution in [3.05, 3.63) is 79.0 Å². The monoisotopic (exact) mass is 479 g/mol. The number of H-pyrrole nitrogens is 2. The van der Waals surface area contributed by atoms with Gasteiger partial charge in [-0.15, -0.1) is 0 Å². The number of aromatic nitrogens is 5. The molecule has 4 heterocycles. The van der Waals surface area contributed by atoms with E-state index in [2.05, 4.69) is 25.1 Å². The fourth-order valence-electron chi connectivity index (χ4n) is 4.46. The Balaban J connectivity index is 1.46. The van der Waals surface area contributed by atoms with Gasteiger partial charge in [0.15, 0.2) is 5.65 Å². The van der Waals surface area contributed by atoms with Gasteiger partial charge in [-0.2, -0.15) is 5.10 Å². The number of ether oxygens (including phenoxy) is 2. The maximum atomic E-state index is 14.2. The number of halogens is 1. The maximum Gasteiger partial charge on any atom is 0.155 e. The summed E-state index contributed by atoms with van der Waals surface area (Å²) in [7, 11) is 1.53. The highest BCUT2D eigenvalue weighted by Gasteiger charge is 2.16. The second-order valence-electron chi connectivity index (χ2n) is 8.36. The van der Waals surface area contributed by atoms with E-state index in [0.29, 0.717) is 23.8 Å². The first kappa shape index (κ1) is 21.8. The fraction of sp³-hybridized carbons (Fsp3) is 0.107. The summed E-state index contributed by atoms with van der Waals surface area (Å²) in [5.41, 5.74) is 6.60. The summed E-state index contributed by atoms with van der Waals surface area (Å²) in [6.07, 6.45) is 5.27. The van der Waals surface area contributed by atoms with Gasteiger partial charge in [0.25, 0.3) is 0 Å². The summed E-state index contributed by atoms with van der Waals surface area (Å²) < 4.78 is 25.1. The number of fused-ring (bicyclic) bond motifs is 2. The van der Waals surface area contributed by atoms with Crippen molar-refractivity contribution < 1.29 is 13.9 Å². The first-order chi connectivity index (χ1) is 17.6. The lowest BCUT2D eigenvalue weighted by molar-refractivity contribution is 0.339. The Morgan fingerprint density at radius 1 is 0.889 bits per heavy atom. The van der Waals surface area contributed by atoms with Crippen LogP contribution in [-0.4, -0.2) is 38.9 Å². The molecular weight excluding hydrogens is 457 g/mol. The predicted molar refractivity (Wildman–Crippen MR) is 138 cm³/mol. The van der Waals surface area contributed by atoms with E-state index in [1.54, 1.807) is 18.6 Å². The van der Waals surface area contributed by atoms with Gasteiger partial charge in [0.1, 0.15) is 23.0 Å². The number of nitrogens with one attached hydrogen (secondary N) is 2. The van der Waals surface area contributed by atoms with Crippen LogP contribution in [0.15, 0.2) is 73.2 Å². The van der Waals surface area contributed by atoms with Crippen LogP contribution in [0.3, 0.4) is 0 Å². The molecule has 6 aromatic rings. The number of hydrogen-bond acceptors (Lipinski definition) is 5. The largest absolute Gasteiger partial charge is 0.497 e. The van der Waals surface area contributed by atoms with Crippen molar-refractivity contribution in [1.82, 2.24) is 25.1 Å². The van der Waals surface area contributed by atoms with Gasteiger partial charge >= 0.3 is 0 Å². The molecule has 0 saturated heterocycles. The minimum absolute atomic E-state index is 0.350. The first-order valence-corrected chi connectivity index (χ1v) is 11.5. The number of methoxy groups -OCH3 is 1. The second kappa shape index (κ2) is 8.81. The van der Waals surface area contributed by atoms with E-state index in [0.717, 1.165) is 49.9 Å². The van der Waals surface area contributed by atoms with Crippen molar-refractivity contribution in [1.29, 1.82) is 0 Å². The van der Waals surface area contributed by atoms with Crippen LogP contribution in [0.2, 0.25) is 0 Å². The molecule has 0 amide bonds. The quantitative estimate of drug-likeness (QED) is 0.289. The average Bonchev–Trinajstić information content (AvgIpc) is 3.52. The van der Waals surface area contributed by atoms with Crippen LogP contribution in [0.4, 0.5) is 4.39 Å². The fourth-order valence-corrected chi connectivity index (χ4v) is 4.46. The van der Waals surface area contributed by atoms with E-state index in [9.17, 15) is 4.39 Å². The van der Waals surface area contributed by atoms with Crippen LogP contribution in [0.25, 0.3) is 55.6 Å². The second-order valence-corrected chi connectivity index (χ2v) is 8.36. The number of benzene rings is 2. The number of pyridine rings is 2. The molecule has 4 aromatic heterocycles. The van der Waals surface area contributed by atoms with Gasteiger partial charge in [0.2, 0.25) is 0 Å². The van der Waals surface area contributed by atoms with Gasteiger partial charge in [0.05, 0.1) is 25.6 Å². The highest BCUT2D eigenvalue weighted by Crippen LogP contribution is 2.36. The highest BCUT2D eigenvalue weighted by atomic mass is 19.1. The Morgan fingerprint density at radius 3 is 2.61 bits per heavy atom. The molecule has 8 heteroatoms. The SMILES string of the molecule is CCOc1cncc(-c2cnc3[nH]nc(-c4cc5c(-c6cc(F)cc(OC)c6)cccc5[nH]4)c3c2)c1. The molecule has 7 nitrogen and oxygen atoms in total. The number of aromatic amines is 2. The number of nitrogens with zero attached hydrogens (tertiary/aromatic N) is 3. The van der Waals surface area contributed by atoms with Crippen LogP contribution in [0, 0.1) is 5.82 Å². The molecule has 0 bridgehead atoms. The lowest BCUT2D eigenvalue weighted by Gasteiger charge is -2.07. The summed E-state index contributed by atoms with van der Waals surface area (Å²) in [4.78, 5) is 12.3. The third-order valence-electron chi connectivity index (χ3n) is 6.11. The van der Waals surface area contributed by atoms with Gasteiger partial charge in [-0.1, -0.05) is 12.1 Å². The zero-order valence-corrected chi connectivity index (χ0v) is 19.7. The van der Waals surface area contributed by atoms with E-state index in [1.165, 1.54) is 19.2 Å². The minimum Gasteiger partial charge on any atom is -0.497 e. The van der Waals surface area contributed by atoms with Crippen LogP contribution < -0.4 is 9.47 Å². The van der Waals surface area contributed by atoms with Gasteiger partial charge in [0, 0.05) is 45.9 Å². The minimum atomic E-state index is -0.350. The molecule has 36 heavy (non-hydrogen) atoms. The molecule has 0 saturated carbocycles. The molecule has 2 N–H and O–H groups in total. The smallest absolute Gasteiger partial charge is 0.155 e. The molecule has 6 rings (SSSR count). The molecule has 0 aliphatic heterocycles. The number of hydrogen-bond donors (Lipinski definition) is 2. The lowest BCUT2D eigenvalue weighted by atomic mass is 10.0. The van der Waals surface area contributed by atoms with Crippen LogP contribution in [0.5, 0.6) is 11.5 Å². The van der Waals surface area contributed by atoms with E-state index in [-0.39, 0.29) is 5.82 Å². The molecule has 0 fully saturated rings. The third-order valence-corrected chi connectivity index (χ3v) is 6.11. The normalized spacial score (nSPS) is 11.3. The van der Waals surface area contributed by atoms with Crippen molar-refractivity contribution in [2.45, 2.75) is 6.92 Å². The first-order valence-electron chi connectivity index (χ1n) is 11.5. The van der Waals surface area contributed by atoms with Crippen molar-refractivity contribution in [2.24, 2.45) is 0 Å². The molecule has 0 aliphatic rings. The molecular formula is C28H22FN5O2. The van der Waals surface area contributed by atoms with Crippen LogP contribution in [0.1, 0.15) is 6.92 Å². The average molecular weight is 480 g/mol. The predicted octanol–water partition coefficient (Wildman–Crippen LogP) is 6.38. The summed E-state index contributed by atoms with van der Waals surface area (Å²) in [5, 5.41) is 9.39. The van der Waals surface area contributed by atoms with Crippen LogP contribution in [-0.2, 0) is 0 Å². The molecule has 2 aromatic carbocycles. The summed E-state index contributed by atoms with van der Waals surface area (Å²) in [6.45, 7) is 2.51. The standard InChI is InChI=1S/C28H22FN5O2/c1-3-36-21-9-17(13-30-15-21)18-10-24-27(33-34-28(24)31-14-18)26-12-23-22(5-4-6-25(23)32-26)16-7-19(29)11-20(8-16)35-2/h4-15,32H,3H2,1-2H3,(H,31,33,34). The van der Waals surface area contributed by atoms with Crippen molar-refractivity contribution in [3.8, 4) is 45.1 Å². The Hall–Kier alpha value is -4.72. The lowest BCUT2D eigenvalue weighted by Crippen LogP contribution is -1.92. The van der Waals surface area contributed by atoms with Crippen molar-refractivity contribution in [2.75, 3.05) is 13.7 Å². The van der Waals surface area contributed by atoms with Gasteiger partial charge in [-0.3, -0.25) is 10.1 Å². The Labute approximate surface area is 205 Å².